The third kappa shape index (κ3) is 3.11. The summed E-state index contributed by atoms with van der Waals surface area (Å²) in [4.78, 5) is 30.6. The molecule has 4 N–H and O–H groups in total. The van der Waals surface area contributed by atoms with E-state index in [-0.39, 0.29) is 11.3 Å². The van der Waals surface area contributed by atoms with Crippen molar-refractivity contribution in [3.05, 3.63) is 91.8 Å². The van der Waals surface area contributed by atoms with Gasteiger partial charge in [-0.05, 0) is 36.2 Å². The predicted octanol–water partition coefficient (Wildman–Crippen LogP) is 2.97. The zero-order chi connectivity index (χ0) is 22.6. The number of aromatic hydroxyl groups is 1. The summed E-state index contributed by atoms with van der Waals surface area (Å²) in [7, 11) is 0. The van der Waals surface area contributed by atoms with Crippen LogP contribution in [-0.4, -0.2) is 26.2 Å². The molecule has 1 aliphatic rings. The monoisotopic (exact) mass is 442 g/mol. The topological polar surface area (TPSA) is 103 Å². The molecule has 0 saturated carbocycles. The summed E-state index contributed by atoms with van der Waals surface area (Å²) in [6.07, 6.45) is -3.95. The molecule has 2 aromatic carbocycles. The van der Waals surface area contributed by atoms with Crippen LogP contribution in [0.15, 0.2) is 58.1 Å². The summed E-state index contributed by atoms with van der Waals surface area (Å²) in [5.41, 5.74) is -0.728. The molecule has 2 aromatic heterocycles. The Balaban J connectivity index is 1.72. The Morgan fingerprint density at radius 3 is 2.59 bits per heavy atom. The molecule has 0 unspecified atom stereocenters. The van der Waals surface area contributed by atoms with Crippen molar-refractivity contribution in [1.29, 1.82) is 0 Å². The number of fused-ring (bicyclic) bond motifs is 3. The molecule has 0 aliphatic carbocycles. The smallest absolute Gasteiger partial charge is 0.416 e. The van der Waals surface area contributed by atoms with Gasteiger partial charge in [0.15, 0.2) is 0 Å². The van der Waals surface area contributed by atoms with Crippen LogP contribution >= 0.6 is 0 Å². The number of alkyl halides is 3. The molecule has 4 aromatic rings. The van der Waals surface area contributed by atoms with Crippen molar-refractivity contribution >= 4 is 10.9 Å². The van der Waals surface area contributed by atoms with E-state index in [9.17, 15) is 27.9 Å². The first-order chi connectivity index (χ1) is 15.3. The molecule has 7 nitrogen and oxygen atoms in total. The summed E-state index contributed by atoms with van der Waals surface area (Å²) < 4.78 is 40.2. The standard InChI is InChI=1S/C22H17F3N4O3/c23-22(24,25)11-4-3-5-12(10-11)29-20(31)16(19(30)28-21(29)32)18-17-14(8-9-26-18)13-6-1-2-7-15(13)27-17/h1-7,10,18,26-27,31H,8-9H2,(H,28,30,32)/t18-/m1/s1. The zero-order valence-corrected chi connectivity index (χ0v) is 16.5. The second-order valence-corrected chi connectivity index (χ2v) is 7.58. The molecule has 164 valence electrons. The number of H-pyrrole nitrogens is 2. The average molecular weight is 442 g/mol. The van der Waals surface area contributed by atoms with Crippen molar-refractivity contribution in [1.82, 2.24) is 19.9 Å². The number of para-hydroxylation sites is 1. The number of hydrogen-bond donors (Lipinski definition) is 4. The van der Waals surface area contributed by atoms with Gasteiger partial charge in [-0.2, -0.15) is 13.2 Å². The van der Waals surface area contributed by atoms with E-state index in [1.165, 1.54) is 6.07 Å². The number of nitrogens with zero attached hydrogens (tertiary/aromatic N) is 1. The third-order valence-electron chi connectivity index (χ3n) is 5.70. The molecule has 0 fully saturated rings. The maximum absolute atomic E-state index is 13.2. The van der Waals surface area contributed by atoms with E-state index >= 15 is 0 Å². The fourth-order valence-corrected chi connectivity index (χ4v) is 4.29. The summed E-state index contributed by atoms with van der Waals surface area (Å²) in [6, 6.07) is 10.8. The Morgan fingerprint density at radius 2 is 1.81 bits per heavy atom. The largest absolute Gasteiger partial charge is 0.494 e. The minimum absolute atomic E-state index is 0.158. The average Bonchev–Trinajstić information content (AvgIpc) is 3.13. The Hall–Kier alpha value is -3.79. The number of hydrogen-bond acceptors (Lipinski definition) is 4. The van der Waals surface area contributed by atoms with Gasteiger partial charge in [0.1, 0.15) is 5.56 Å². The van der Waals surface area contributed by atoms with Crippen molar-refractivity contribution in [2.24, 2.45) is 0 Å². The third-order valence-corrected chi connectivity index (χ3v) is 5.70. The van der Waals surface area contributed by atoms with Gasteiger partial charge in [0, 0.05) is 23.1 Å². The lowest BCUT2D eigenvalue weighted by atomic mass is 9.95. The van der Waals surface area contributed by atoms with Crippen LogP contribution in [0, 0.1) is 0 Å². The lowest BCUT2D eigenvalue weighted by molar-refractivity contribution is -0.137. The van der Waals surface area contributed by atoms with E-state index in [0.717, 1.165) is 34.7 Å². The number of halogens is 3. The number of aromatic amines is 2. The van der Waals surface area contributed by atoms with Gasteiger partial charge < -0.3 is 15.4 Å². The van der Waals surface area contributed by atoms with Crippen LogP contribution < -0.4 is 16.6 Å². The molecule has 0 amide bonds. The molecule has 1 aliphatic heterocycles. The molecular weight excluding hydrogens is 425 g/mol. The molecule has 0 saturated heterocycles. The molecule has 5 rings (SSSR count). The van der Waals surface area contributed by atoms with Crippen molar-refractivity contribution in [3.8, 4) is 11.6 Å². The quantitative estimate of drug-likeness (QED) is 0.383. The van der Waals surface area contributed by atoms with E-state index in [2.05, 4.69) is 15.3 Å². The van der Waals surface area contributed by atoms with Gasteiger partial charge in [0.2, 0.25) is 5.88 Å². The number of benzene rings is 2. The van der Waals surface area contributed by atoms with Crippen LogP contribution in [0.25, 0.3) is 16.6 Å². The molecule has 3 heterocycles. The highest BCUT2D eigenvalue weighted by Gasteiger charge is 2.33. The highest BCUT2D eigenvalue weighted by atomic mass is 19.4. The maximum atomic E-state index is 13.2. The highest BCUT2D eigenvalue weighted by molar-refractivity contribution is 5.85. The second kappa shape index (κ2) is 7.13. The van der Waals surface area contributed by atoms with Gasteiger partial charge >= 0.3 is 11.9 Å². The van der Waals surface area contributed by atoms with Crippen LogP contribution in [0.3, 0.4) is 0 Å². The van der Waals surface area contributed by atoms with Crippen LogP contribution in [0.2, 0.25) is 0 Å². The summed E-state index contributed by atoms with van der Waals surface area (Å²) in [5.74, 6) is -0.720. The van der Waals surface area contributed by atoms with Gasteiger partial charge in [-0.25, -0.2) is 9.36 Å². The van der Waals surface area contributed by atoms with Crippen molar-refractivity contribution < 1.29 is 18.3 Å². The fourth-order valence-electron chi connectivity index (χ4n) is 4.29. The Labute approximate surface area is 178 Å². The van der Waals surface area contributed by atoms with Crippen LogP contribution in [0.5, 0.6) is 5.88 Å². The van der Waals surface area contributed by atoms with E-state index < -0.39 is 34.9 Å². The Kier molecular flexibility index (Phi) is 4.48. The maximum Gasteiger partial charge on any atom is 0.416 e. The SMILES string of the molecule is O=c1[nH]c(=O)n(-c2cccc(C(F)(F)F)c2)c(O)c1[C@H]1NCCc2c1[nH]c1ccccc21. The van der Waals surface area contributed by atoms with Gasteiger partial charge in [-0.1, -0.05) is 24.3 Å². The van der Waals surface area contributed by atoms with E-state index in [1.54, 1.807) is 0 Å². The van der Waals surface area contributed by atoms with Crippen molar-refractivity contribution in [3.63, 3.8) is 0 Å². The first-order valence-electron chi connectivity index (χ1n) is 9.84. The fraction of sp³-hybridized carbons (Fsp3) is 0.182. The minimum atomic E-state index is -4.63. The number of aromatic nitrogens is 3. The first kappa shape index (κ1) is 20.1. The summed E-state index contributed by atoms with van der Waals surface area (Å²) >= 11 is 0. The van der Waals surface area contributed by atoms with Gasteiger partial charge in [-0.15, -0.1) is 0 Å². The summed E-state index contributed by atoms with van der Waals surface area (Å²) in [6.45, 7) is 0.501. The molecule has 10 heteroatoms. The predicted molar refractivity (Wildman–Crippen MR) is 111 cm³/mol. The highest BCUT2D eigenvalue weighted by Crippen LogP contribution is 2.36. The van der Waals surface area contributed by atoms with Crippen LogP contribution in [0.4, 0.5) is 13.2 Å². The van der Waals surface area contributed by atoms with Crippen molar-refractivity contribution in [2.75, 3.05) is 6.54 Å². The van der Waals surface area contributed by atoms with Gasteiger partial charge in [-0.3, -0.25) is 9.78 Å². The lowest BCUT2D eigenvalue weighted by Gasteiger charge is -2.25. The molecule has 32 heavy (non-hydrogen) atoms. The molecule has 0 spiro atoms. The van der Waals surface area contributed by atoms with Gasteiger partial charge in [0.05, 0.1) is 17.3 Å². The molecular formula is C22H17F3N4O3. The first-order valence-corrected chi connectivity index (χ1v) is 9.84. The van der Waals surface area contributed by atoms with Crippen LogP contribution in [0.1, 0.15) is 28.4 Å². The normalized spacial score (nSPS) is 16.3. The minimum Gasteiger partial charge on any atom is -0.494 e. The van der Waals surface area contributed by atoms with E-state index in [4.69, 9.17) is 0 Å². The molecule has 0 radical (unpaired) electrons. The molecule has 0 bridgehead atoms. The second-order valence-electron chi connectivity index (χ2n) is 7.58. The van der Waals surface area contributed by atoms with E-state index in [1.807, 2.05) is 24.3 Å². The number of rotatable bonds is 2. The Bertz CT molecular complexity index is 1470. The molecule has 1 atom stereocenters. The van der Waals surface area contributed by atoms with Gasteiger partial charge in [0.25, 0.3) is 5.56 Å². The summed E-state index contributed by atoms with van der Waals surface area (Å²) in [5, 5.41) is 15.1. The Morgan fingerprint density at radius 1 is 1.03 bits per heavy atom. The zero-order valence-electron chi connectivity index (χ0n) is 16.5. The van der Waals surface area contributed by atoms with Crippen molar-refractivity contribution in [2.45, 2.75) is 18.6 Å². The number of nitrogens with one attached hydrogen (secondary N) is 3. The lowest BCUT2D eigenvalue weighted by Crippen LogP contribution is -2.38. The van der Waals surface area contributed by atoms with E-state index in [0.29, 0.717) is 23.2 Å². The van der Waals surface area contributed by atoms with Crippen LogP contribution in [-0.2, 0) is 12.6 Å².